The van der Waals surface area contributed by atoms with Crippen LogP contribution < -0.4 is 5.73 Å². The molecule has 144 valence electrons. The highest BCUT2D eigenvalue weighted by Crippen LogP contribution is 2.64. The van der Waals surface area contributed by atoms with Gasteiger partial charge in [-0.2, -0.15) is 0 Å². The van der Waals surface area contributed by atoms with Crippen LogP contribution in [0.3, 0.4) is 0 Å². The third-order valence-corrected chi connectivity index (χ3v) is 8.41. The van der Waals surface area contributed by atoms with Crippen molar-refractivity contribution in [1.82, 2.24) is 0 Å². The Morgan fingerprint density at radius 2 is 1.92 bits per heavy atom. The third kappa shape index (κ3) is 2.57. The van der Waals surface area contributed by atoms with Gasteiger partial charge in [0.2, 0.25) is 0 Å². The third-order valence-electron chi connectivity index (χ3n) is 8.41. The minimum Gasteiger partial charge on any atom is -0.395 e. The molecule has 0 saturated heterocycles. The van der Waals surface area contributed by atoms with Crippen LogP contribution >= 0.6 is 0 Å². The summed E-state index contributed by atoms with van der Waals surface area (Å²) >= 11 is 0. The second-order valence-electron chi connectivity index (χ2n) is 9.51. The predicted molar refractivity (Wildman–Crippen MR) is 99.6 cm³/mol. The van der Waals surface area contributed by atoms with Crippen molar-refractivity contribution in [2.45, 2.75) is 65.2 Å². The second-order valence-corrected chi connectivity index (χ2v) is 9.51. The van der Waals surface area contributed by atoms with Crippen molar-refractivity contribution in [3.63, 3.8) is 0 Å². The molecule has 0 spiro atoms. The molecule has 0 aliphatic heterocycles. The van der Waals surface area contributed by atoms with Crippen molar-refractivity contribution < 1.29 is 14.4 Å². The van der Waals surface area contributed by atoms with Gasteiger partial charge in [-0.25, -0.2) is 0 Å². The Balaban J connectivity index is 1.57. The summed E-state index contributed by atoms with van der Waals surface area (Å²) in [6.45, 7) is 5.39. The monoisotopic (exact) mass is 360 g/mol. The number of nitrogens with zero attached hydrogens (tertiary/aromatic N) is 1. The topological polar surface area (TPSA) is 81.8 Å². The van der Waals surface area contributed by atoms with Gasteiger partial charge >= 0.3 is 0 Å². The standard InChI is InChI=1S/C21H32N2O3/c1-20-7-5-13(23-26-10-9-22)11-17(20)18(24)12-14-15-3-4-19(25)21(15,2)8-6-16(14)20/h14-17H,3-12,22H2,1-2H3/b23-13-/t14-,15-,16-,17?,20+,21-/m0/s1. The van der Waals surface area contributed by atoms with Gasteiger partial charge in [-0.15, -0.1) is 0 Å². The number of hydrogen-bond donors (Lipinski definition) is 1. The van der Waals surface area contributed by atoms with E-state index < -0.39 is 0 Å². The molecule has 26 heavy (non-hydrogen) atoms. The number of hydrogen-bond acceptors (Lipinski definition) is 5. The molecule has 4 rings (SSSR count). The Morgan fingerprint density at radius 3 is 2.69 bits per heavy atom. The molecule has 2 N–H and O–H groups in total. The Morgan fingerprint density at radius 1 is 1.12 bits per heavy atom. The van der Waals surface area contributed by atoms with E-state index in [1.807, 2.05) is 0 Å². The molecule has 1 unspecified atom stereocenters. The summed E-state index contributed by atoms with van der Waals surface area (Å²) in [7, 11) is 0. The second kappa shape index (κ2) is 6.43. The van der Waals surface area contributed by atoms with E-state index >= 15 is 0 Å². The van der Waals surface area contributed by atoms with Gasteiger partial charge in [0.1, 0.15) is 18.2 Å². The normalized spacial score (nSPS) is 46.7. The molecule has 0 amide bonds. The van der Waals surface area contributed by atoms with Gasteiger partial charge in [0, 0.05) is 30.7 Å². The zero-order chi connectivity index (χ0) is 18.5. The zero-order valence-corrected chi connectivity index (χ0v) is 16.1. The van der Waals surface area contributed by atoms with Crippen LogP contribution in [0, 0.1) is 34.5 Å². The van der Waals surface area contributed by atoms with Crippen LogP contribution in [-0.4, -0.2) is 30.4 Å². The Bertz CT molecular complexity index is 645. The molecule has 5 nitrogen and oxygen atoms in total. The highest BCUT2D eigenvalue weighted by atomic mass is 16.6. The van der Waals surface area contributed by atoms with Gasteiger partial charge < -0.3 is 10.6 Å². The molecule has 0 bridgehead atoms. The number of ketones is 2. The van der Waals surface area contributed by atoms with E-state index in [4.69, 9.17) is 10.6 Å². The molecule has 0 aromatic carbocycles. The maximum absolute atomic E-state index is 13.1. The number of carbonyl (C=O) groups is 2. The van der Waals surface area contributed by atoms with Gasteiger partial charge in [-0.05, 0) is 61.7 Å². The Hall–Kier alpha value is -1.23. The first-order valence-electron chi connectivity index (χ1n) is 10.3. The maximum atomic E-state index is 13.1. The molecule has 4 aliphatic rings. The number of rotatable bonds is 3. The number of fused-ring (bicyclic) bond motifs is 5. The van der Waals surface area contributed by atoms with E-state index in [9.17, 15) is 9.59 Å². The van der Waals surface area contributed by atoms with Crippen LogP contribution in [0.4, 0.5) is 0 Å². The van der Waals surface area contributed by atoms with Gasteiger partial charge in [0.25, 0.3) is 0 Å². The maximum Gasteiger partial charge on any atom is 0.139 e. The van der Waals surface area contributed by atoms with E-state index in [0.717, 1.165) is 44.2 Å². The molecular formula is C21H32N2O3. The van der Waals surface area contributed by atoms with Gasteiger partial charge in [-0.1, -0.05) is 19.0 Å². The van der Waals surface area contributed by atoms with Crippen molar-refractivity contribution in [1.29, 1.82) is 0 Å². The lowest BCUT2D eigenvalue weighted by Crippen LogP contribution is -2.56. The number of Topliss-reactive ketones (excluding diaryl/α,β-unsaturated/α-hetero) is 2. The SMILES string of the molecule is C[C@]12CC/C(=N/OCCN)CC1C(=O)C[C@@H]1[C@@H]2CC[C@]2(C)C(=O)CC[C@@H]12. The first kappa shape index (κ1) is 18.1. The van der Waals surface area contributed by atoms with Crippen LogP contribution in [0.5, 0.6) is 0 Å². The Labute approximate surface area is 156 Å². The van der Waals surface area contributed by atoms with Crippen LogP contribution in [0.25, 0.3) is 0 Å². The molecule has 0 radical (unpaired) electrons. The highest BCUT2D eigenvalue weighted by Gasteiger charge is 2.62. The number of nitrogens with two attached hydrogens (primary N) is 1. The van der Waals surface area contributed by atoms with E-state index in [2.05, 4.69) is 19.0 Å². The van der Waals surface area contributed by atoms with Crippen molar-refractivity contribution in [2.75, 3.05) is 13.2 Å². The number of carbonyl (C=O) groups excluding carboxylic acids is 2. The fraction of sp³-hybridized carbons (Fsp3) is 0.857. The number of oxime groups is 1. The van der Waals surface area contributed by atoms with Crippen LogP contribution in [0.1, 0.15) is 65.2 Å². The summed E-state index contributed by atoms with van der Waals surface area (Å²) in [5, 5.41) is 4.25. The molecule has 4 fully saturated rings. The van der Waals surface area contributed by atoms with Crippen molar-refractivity contribution in [2.24, 2.45) is 45.4 Å². The van der Waals surface area contributed by atoms with Crippen molar-refractivity contribution >= 4 is 17.3 Å². The van der Waals surface area contributed by atoms with E-state index in [-0.39, 0.29) is 16.7 Å². The lowest BCUT2D eigenvalue weighted by molar-refractivity contribution is -0.152. The van der Waals surface area contributed by atoms with E-state index in [1.54, 1.807) is 0 Å². The van der Waals surface area contributed by atoms with Gasteiger partial charge in [-0.3, -0.25) is 9.59 Å². The molecule has 0 aromatic rings. The largest absolute Gasteiger partial charge is 0.395 e. The summed E-state index contributed by atoms with van der Waals surface area (Å²) in [4.78, 5) is 30.9. The van der Waals surface area contributed by atoms with Crippen LogP contribution in [0.2, 0.25) is 0 Å². The van der Waals surface area contributed by atoms with Crippen molar-refractivity contribution in [3.05, 3.63) is 0 Å². The summed E-state index contributed by atoms with van der Waals surface area (Å²) < 4.78 is 0. The molecule has 4 aliphatic carbocycles. The van der Waals surface area contributed by atoms with E-state index in [1.165, 1.54) is 0 Å². The molecule has 4 saturated carbocycles. The Kier molecular flexibility index (Phi) is 4.49. The zero-order valence-electron chi connectivity index (χ0n) is 16.1. The van der Waals surface area contributed by atoms with Gasteiger partial charge in [0.05, 0.1) is 5.71 Å². The minimum absolute atomic E-state index is 0.0554. The average molecular weight is 360 g/mol. The summed E-state index contributed by atoms with van der Waals surface area (Å²) in [6.07, 6.45) is 7.13. The summed E-state index contributed by atoms with van der Waals surface area (Å²) in [5.74, 6) is 2.29. The minimum atomic E-state index is -0.165. The first-order chi connectivity index (χ1) is 12.4. The quantitative estimate of drug-likeness (QED) is 0.619. The highest BCUT2D eigenvalue weighted by molar-refractivity contribution is 5.93. The molecule has 0 heterocycles. The predicted octanol–water partition coefficient (Wildman–Crippen LogP) is 3.11. The summed E-state index contributed by atoms with van der Waals surface area (Å²) in [5.41, 5.74) is 6.37. The smallest absolute Gasteiger partial charge is 0.139 e. The van der Waals surface area contributed by atoms with Crippen molar-refractivity contribution in [3.8, 4) is 0 Å². The average Bonchev–Trinajstić information content (AvgIpc) is 2.92. The fourth-order valence-corrected chi connectivity index (χ4v) is 6.89. The molecule has 0 aromatic heterocycles. The first-order valence-corrected chi connectivity index (χ1v) is 10.3. The van der Waals surface area contributed by atoms with Crippen LogP contribution in [-0.2, 0) is 14.4 Å². The molecule has 5 heteroatoms. The lowest BCUT2D eigenvalue weighted by atomic mass is 9.45. The lowest BCUT2D eigenvalue weighted by Gasteiger charge is -2.58. The molecular weight excluding hydrogens is 328 g/mol. The fourth-order valence-electron chi connectivity index (χ4n) is 6.89. The van der Waals surface area contributed by atoms with Gasteiger partial charge in [0.15, 0.2) is 0 Å². The van der Waals surface area contributed by atoms with Crippen LogP contribution in [0.15, 0.2) is 5.16 Å². The molecule has 6 atom stereocenters. The van der Waals surface area contributed by atoms with E-state index in [0.29, 0.717) is 55.3 Å². The summed E-state index contributed by atoms with van der Waals surface area (Å²) in [6, 6.07) is 0.